The highest BCUT2D eigenvalue weighted by Gasteiger charge is 2.30. The number of anilines is 1. The van der Waals surface area contributed by atoms with Crippen LogP contribution in [-0.2, 0) is 16.0 Å². The van der Waals surface area contributed by atoms with Gasteiger partial charge in [-0.05, 0) is 79.6 Å². The molecule has 0 aromatic heterocycles. The number of fused-ring (bicyclic) bond motifs is 3. The minimum atomic E-state index is -0.606. The van der Waals surface area contributed by atoms with Crippen LogP contribution >= 0.6 is 0 Å². The summed E-state index contributed by atoms with van der Waals surface area (Å²) in [6.07, 6.45) is 5.03. The van der Waals surface area contributed by atoms with Crippen LogP contribution in [0, 0.1) is 26.2 Å². The van der Waals surface area contributed by atoms with Crippen molar-refractivity contribution in [2.75, 3.05) is 38.1 Å². The molecule has 0 bridgehead atoms. The van der Waals surface area contributed by atoms with Gasteiger partial charge < -0.3 is 14.4 Å². The van der Waals surface area contributed by atoms with Gasteiger partial charge in [-0.15, -0.1) is 6.42 Å². The average molecular weight is 566 g/mol. The number of nitrogens with zero attached hydrogens (tertiary/aromatic N) is 2. The van der Waals surface area contributed by atoms with Gasteiger partial charge in [0, 0.05) is 44.2 Å². The second-order valence-corrected chi connectivity index (χ2v) is 12.0. The Kier molecular flexibility index (Phi) is 8.29. The Balaban J connectivity index is 1.20. The van der Waals surface area contributed by atoms with Gasteiger partial charge in [0.1, 0.15) is 12.2 Å². The van der Waals surface area contributed by atoms with E-state index in [0.29, 0.717) is 45.0 Å². The van der Waals surface area contributed by atoms with Crippen LogP contribution in [0.1, 0.15) is 60.1 Å². The molecule has 1 aliphatic heterocycles. The molecule has 1 N–H and O–H groups in total. The Bertz CT molecular complexity index is 1500. The minimum Gasteiger partial charge on any atom is -0.448 e. The minimum absolute atomic E-state index is 0.0426. The fourth-order valence-electron chi connectivity index (χ4n) is 5.89. The highest BCUT2D eigenvalue weighted by Crippen LogP contribution is 2.44. The van der Waals surface area contributed by atoms with Crippen LogP contribution < -0.4 is 5.32 Å². The molecule has 1 heterocycles. The van der Waals surface area contributed by atoms with E-state index in [4.69, 9.17) is 15.9 Å². The molecule has 42 heavy (non-hydrogen) atoms. The van der Waals surface area contributed by atoms with Crippen LogP contribution in [-0.4, -0.2) is 60.4 Å². The molecule has 7 nitrogen and oxygen atoms in total. The van der Waals surface area contributed by atoms with Gasteiger partial charge in [-0.3, -0.25) is 10.2 Å². The maximum atomic E-state index is 13.1. The largest absolute Gasteiger partial charge is 0.448 e. The Morgan fingerprint density at radius 3 is 2.12 bits per heavy atom. The number of carbonyl (C=O) groups is 2. The molecular weight excluding hydrogens is 526 g/mol. The summed E-state index contributed by atoms with van der Waals surface area (Å²) >= 11 is 0. The lowest BCUT2D eigenvalue weighted by Gasteiger charge is -2.34. The van der Waals surface area contributed by atoms with Gasteiger partial charge in [-0.25, -0.2) is 9.59 Å². The van der Waals surface area contributed by atoms with Gasteiger partial charge in [-0.1, -0.05) is 54.5 Å². The van der Waals surface area contributed by atoms with E-state index < -0.39 is 11.7 Å². The second-order valence-electron chi connectivity index (χ2n) is 12.0. The first-order chi connectivity index (χ1) is 20.1. The Labute approximate surface area is 248 Å². The Morgan fingerprint density at radius 1 is 0.952 bits per heavy atom. The van der Waals surface area contributed by atoms with Crippen molar-refractivity contribution in [1.29, 1.82) is 0 Å². The number of hydrogen-bond acceptors (Lipinski definition) is 5. The molecule has 1 saturated heterocycles. The third-order valence-electron chi connectivity index (χ3n) is 8.10. The molecule has 3 aromatic rings. The third-order valence-corrected chi connectivity index (χ3v) is 8.10. The van der Waals surface area contributed by atoms with Gasteiger partial charge in [-0.2, -0.15) is 0 Å². The number of rotatable bonds is 5. The number of ether oxygens (including phenoxy) is 2. The molecular formula is C35H39N3O4. The maximum absolute atomic E-state index is 13.1. The van der Waals surface area contributed by atoms with E-state index in [9.17, 15) is 9.59 Å². The molecule has 5 rings (SSSR count). The lowest BCUT2D eigenvalue weighted by atomic mass is 9.96. The molecule has 0 spiro atoms. The summed E-state index contributed by atoms with van der Waals surface area (Å²) in [5.41, 5.74) is 8.48. The molecule has 0 radical (unpaired) electrons. The standard InChI is InChI=1S/C35H39N3O4/c1-7-25-20-26(24(3)32(23(25)2)36-33(39)42-35(4,5)6)21-37-16-18-38(19-17-37)34(40)41-22-31-29-14-10-8-12-27(29)28-13-9-11-15-30(28)31/h1,8-15,20,31H,16-19,21-22H2,2-6H3,(H,36,39). The SMILES string of the molecule is C#Cc1cc(CN2CCN(C(=O)OCC3c4ccccc4-c4ccccc43)CC2)c(C)c(NC(=O)OC(C)(C)C)c1C. The molecule has 7 heteroatoms. The number of terminal acetylenes is 1. The molecule has 1 fully saturated rings. The Morgan fingerprint density at radius 2 is 1.55 bits per heavy atom. The van der Waals surface area contributed by atoms with E-state index in [-0.39, 0.29) is 12.0 Å². The van der Waals surface area contributed by atoms with E-state index >= 15 is 0 Å². The highest BCUT2D eigenvalue weighted by atomic mass is 16.6. The number of piperazine rings is 1. The van der Waals surface area contributed by atoms with E-state index in [1.165, 1.54) is 22.3 Å². The maximum Gasteiger partial charge on any atom is 0.412 e. The third kappa shape index (κ3) is 6.14. The smallest absolute Gasteiger partial charge is 0.412 e. The predicted octanol–water partition coefficient (Wildman–Crippen LogP) is 6.70. The highest BCUT2D eigenvalue weighted by molar-refractivity contribution is 5.88. The fourth-order valence-corrected chi connectivity index (χ4v) is 5.89. The van der Waals surface area contributed by atoms with E-state index in [1.54, 1.807) is 4.90 Å². The van der Waals surface area contributed by atoms with Crippen LogP contribution in [0.3, 0.4) is 0 Å². The topological polar surface area (TPSA) is 71.1 Å². The summed E-state index contributed by atoms with van der Waals surface area (Å²) in [5.74, 6) is 2.80. The van der Waals surface area contributed by atoms with Crippen LogP contribution in [0.5, 0.6) is 0 Å². The molecule has 0 saturated carbocycles. The first-order valence-electron chi connectivity index (χ1n) is 14.5. The van der Waals surface area contributed by atoms with Crippen LogP contribution in [0.4, 0.5) is 15.3 Å². The number of carbonyl (C=O) groups excluding carboxylic acids is 2. The molecule has 3 aromatic carbocycles. The van der Waals surface area contributed by atoms with Gasteiger partial charge >= 0.3 is 12.2 Å². The molecule has 1 aliphatic carbocycles. The van der Waals surface area contributed by atoms with Crippen molar-refractivity contribution < 1.29 is 19.1 Å². The van der Waals surface area contributed by atoms with E-state index in [1.807, 2.05) is 65.0 Å². The number of amides is 2. The summed E-state index contributed by atoms with van der Waals surface area (Å²) in [6.45, 7) is 12.9. The van der Waals surface area contributed by atoms with Gasteiger partial charge in [0.15, 0.2) is 0 Å². The van der Waals surface area contributed by atoms with Crippen molar-refractivity contribution >= 4 is 17.9 Å². The van der Waals surface area contributed by atoms with Crippen molar-refractivity contribution in [3.63, 3.8) is 0 Å². The zero-order valence-electron chi connectivity index (χ0n) is 25.1. The van der Waals surface area contributed by atoms with Gasteiger partial charge in [0.25, 0.3) is 0 Å². The van der Waals surface area contributed by atoms with E-state index in [2.05, 4.69) is 40.4 Å². The van der Waals surface area contributed by atoms with Crippen molar-refractivity contribution in [2.24, 2.45) is 0 Å². The van der Waals surface area contributed by atoms with Gasteiger partial charge in [0.2, 0.25) is 0 Å². The Hall–Kier alpha value is -4.28. The summed E-state index contributed by atoms with van der Waals surface area (Å²) in [6, 6.07) is 18.7. The van der Waals surface area contributed by atoms with E-state index in [0.717, 1.165) is 22.3 Å². The number of nitrogens with one attached hydrogen (secondary N) is 1. The second kappa shape index (κ2) is 11.9. The molecule has 2 aliphatic rings. The summed E-state index contributed by atoms with van der Waals surface area (Å²) in [4.78, 5) is 29.7. The van der Waals surface area contributed by atoms with Crippen LogP contribution in [0.15, 0.2) is 54.6 Å². The quantitative estimate of drug-likeness (QED) is 0.349. The summed E-state index contributed by atoms with van der Waals surface area (Å²) < 4.78 is 11.4. The van der Waals surface area contributed by atoms with Crippen molar-refractivity contribution in [3.8, 4) is 23.5 Å². The molecule has 2 amide bonds. The summed E-state index contributed by atoms with van der Waals surface area (Å²) in [7, 11) is 0. The van der Waals surface area contributed by atoms with Crippen molar-refractivity contribution in [2.45, 2.75) is 52.7 Å². The molecule has 0 atom stereocenters. The summed E-state index contributed by atoms with van der Waals surface area (Å²) in [5, 5.41) is 2.91. The van der Waals surface area contributed by atoms with Crippen LogP contribution in [0.2, 0.25) is 0 Å². The first-order valence-corrected chi connectivity index (χ1v) is 14.5. The normalized spacial score (nSPS) is 15.0. The average Bonchev–Trinajstić information content (AvgIpc) is 3.28. The molecule has 218 valence electrons. The van der Waals surface area contributed by atoms with Crippen molar-refractivity contribution in [3.05, 3.63) is 88.0 Å². The number of hydrogen-bond donors (Lipinski definition) is 1. The predicted molar refractivity (Wildman–Crippen MR) is 166 cm³/mol. The van der Waals surface area contributed by atoms with Crippen molar-refractivity contribution in [1.82, 2.24) is 9.80 Å². The first kappa shape index (κ1) is 29.2. The fraction of sp³-hybridized carbons (Fsp3) is 0.371. The van der Waals surface area contributed by atoms with Crippen LogP contribution in [0.25, 0.3) is 11.1 Å². The lowest BCUT2D eigenvalue weighted by molar-refractivity contribution is 0.0635. The number of benzene rings is 3. The zero-order valence-corrected chi connectivity index (χ0v) is 25.1. The molecule has 0 unspecified atom stereocenters. The lowest BCUT2D eigenvalue weighted by Crippen LogP contribution is -2.48. The monoisotopic (exact) mass is 565 g/mol. The zero-order chi connectivity index (χ0) is 30.0. The van der Waals surface area contributed by atoms with Gasteiger partial charge in [0.05, 0.1) is 5.69 Å².